The van der Waals surface area contributed by atoms with E-state index in [1.807, 2.05) is 6.08 Å². The molecule has 0 saturated carbocycles. The molecule has 0 radical (unpaired) electrons. The zero-order valence-electron chi connectivity index (χ0n) is 9.05. The zero-order valence-corrected chi connectivity index (χ0v) is 11.5. The minimum Gasteiger partial charge on any atom is -0.152 e. The molecule has 3 heteroatoms. The molecule has 0 unspecified atom stereocenters. The number of hydrogen-bond acceptors (Lipinski definition) is 3. The van der Waals surface area contributed by atoms with Gasteiger partial charge in [0, 0.05) is 20.9 Å². The Kier molecular flexibility index (Phi) is 2.97. The molecular weight excluding hydrogens is 264 g/mol. The molecule has 0 atom stereocenters. The first kappa shape index (κ1) is 11.0. The van der Waals surface area contributed by atoms with Crippen molar-refractivity contribution >= 4 is 40.1 Å². The van der Waals surface area contributed by atoms with Crippen LogP contribution in [-0.2, 0) is 0 Å². The van der Waals surface area contributed by atoms with Gasteiger partial charge in [-0.15, -0.1) is 22.7 Å². The van der Waals surface area contributed by atoms with E-state index in [1.54, 1.807) is 34.0 Å². The molecule has 0 aliphatic heterocycles. The second-order valence-electron chi connectivity index (χ2n) is 3.58. The van der Waals surface area contributed by atoms with E-state index >= 15 is 0 Å². The molecular formula is C14H10S3. The normalized spacial score (nSPS) is 10.6. The predicted octanol–water partition coefficient (Wildman–Crippen LogP) is 5.85. The second-order valence-corrected chi connectivity index (χ2v) is 6.22. The minimum atomic E-state index is 1.25. The summed E-state index contributed by atoms with van der Waals surface area (Å²) in [5, 5.41) is 8.61. The highest BCUT2D eigenvalue weighted by molar-refractivity contribution is 7.15. The fourth-order valence-electron chi connectivity index (χ4n) is 1.83. The lowest BCUT2D eigenvalue weighted by Crippen LogP contribution is -1.75. The van der Waals surface area contributed by atoms with Crippen LogP contribution in [0.25, 0.3) is 27.6 Å². The maximum Gasteiger partial charge on any atom is 0.0435 e. The summed E-state index contributed by atoms with van der Waals surface area (Å²) >= 11 is 5.28. The number of hydrogen-bond donors (Lipinski definition) is 0. The average Bonchev–Trinajstić information content (AvgIpc) is 3.09. The van der Waals surface area contributed by atoms with Gasteiger partial charge in [0.25, 0.3) is 0 Å². The van der Waals surface area contributed by atoms with Crippen LogP contribution in [-0.4, -0.2) is 0 Å². The summed E-state index contributed by atoms with van der Waals surface area (Å²) in [5.74, 6) is 0. The molecule has 0 nitrogen and oxygen atoms in total. The molecule has 3 rings (SSSR count). The van der Waals surface area contributed by atoms with Crippen molar-refractivity contribution in [3.8, 4) is 21.6 Å². The zero-order chi connectivity index (χ0) is 11.7. The van der Waals surface area contributed by atoms with E-state index in [-0.39, 0.29) is 0 Å². The fraction of sp³-hybridized carbons (Fsp3) is 0. The first-order chi connectivity index (χ1) is 8.40. The summed E-state index contributed by atoms with van der Waals surface area (Å²) in [5.41, 5.74) is 3.95. The topological polar surface area (TPSA) is 0 Å². The quantitative estimate of drug-likeness (QED) is 0.562. The Bertz CT molecular complexity index is 626. The lowest BCUT2D eigenvalue weighted by Gasteiger charge is -2.01. The van der Waals surface area contributed by atoms with Crippen LogP contribution in [0.1, 0.15) is 4.88 Å². The summed E-state index contributed by atoms with van der Waals surface area (Å²) < 4.78 is 0. The van der Waals surface area contributed by atoms with E-state index in [2.05, 4.69) is 46.3 Å². The van der Waals surface area contributed by atoms with Crippen LogP contribution in [0.3, 0.4) is 0 Å². The molecule has 0 amide bonds. The van der Waals surface area contributed by atoms with Crippen molar-refractivity contribution in [2.75, 3.05) is 0 Å². The molecule has 0 bridgehead atoms. The SMILES string of the molecule is C=Cc1sccc1-c1sccc1-c1ccsc1. The van der Waals surface area contributed by atoms with Gasteiger partial charge in [0.2, 0.25) is 0 Å². The molecule has 3 heterocycles. The van der Waals surface area contributed by atoms with Crippen molar-refractivity contribution in [3.05, 3.63) is 51.2 Å². The first-order valence-corrected chi connectivity index (χ1v) is 7.90. The van der Waals surface area contributed by atoms with Crippen molar-refractivity contribution in [1.29, 1.82) is 0 Å². The van der Waals surface area contributed by atoms with E-state index in [9.17, 15) is 0 Å². The summed E-state index contributed by atoms with van der Waals surface area (Å²) in [6, 6.07) is 6.56. The van der Waals surface area contributed by atoms with Crippen LogP contribution in [0, 0.1) is 0 Å². The van der Waals surface area contributed by atoms with Gasteiger partial charge in [-0.2, -0.15) is 11.3 Å². The maximum absolute atomic E-state index is 3.88. The Morgan fingerprint density at radius 3 is 2.53 bits per heavy atom. The van der Waals surface area contributed by atoms with Crippen molar-refractivity contribution in [3.63, 3.8) is 0 Å². The van der Waals surface area contributed by atoms with Crippen LogP contribution in [0.5, 0.6) is 0 Å². The van der Waals surface area contributed by atoms with Crippen LogP contribution < -0.4 is 0 Å². The molecule has 0 N–H and O–H groups in total. The molecule has 0 aliphatic rings. The predicted molar refractivity (Wildman–Crippen MR) is 81.0 cm³/mol. The van der Waals surface area contributed by atoms with Crippen LogP contribution in [0.2, 0.25) is 0 Å². The third-order valence-corrected chi connectivity index (χ3v) is 5.17. The van der Waals surface area contributed by atoms with Gasteiger partial charge in [0.15, 0.2) is 0 Å². The largest absolute Gasteiger partial charge is 0.152 e. The van der Waals surface area contributed by atoms with Gasteiger partial charge in [0.05, 0.1) is 0 Å². The lowest BCUT2D eigenvalue weighted by atomic mass is 10.1. The average molecular weight is 274 g/mol. The van der Waals surface area contributed by atoms with E-state index in [1.165, 1.54) is 26.4 Å². The summed E-state index contributed by atoms with van der Waals surface area (Å²) in [4.78, 5) is 2.60. The van der Waals surface area contributed by atoms with Crippen molar-refractivity contribution in [1.82, 2.24) is 0 Å². The Hall–Kier alpha value is -1.16. The molecule has 0 aliphatic carbocycles. The molecule has 3 aromatic rings. The first-order valence-electron chi connectivity index (χ1n) is 5.20. The van der Waals surface area contributed by atoms with Crippen molar-refractivity contribution in [2.45, 2.75) is 0 Å². The van der Waals surface area contributed by atoms with E-state index in [0.29, 0.717) is 0 Å². The molecule has 3 aromatic heterocycles. The third kappa shape index (κ3) is 1.90. The van der Waals surface area contributed by atoms with Gasteiger partial charge >= 0.3 is 0 Å². The van der Waals surface area contributed by atoms with Crippen LogP contribution in [0.15, 0.2) is 46.3 Å². The van der Waals surface area contributed by atoms with E-state index in [4.69, 9.17) is 0 Å². The van der Waals surface area contributed by atoms with E-state index < -0.39 is 0 Å². The standard InChI is InChI=1S/C14H10S3/c1-2-13-12(5-7-16-13)14-11(4-8-17-14)10-3-6-15-9-10/h2-9H,1H2. The van der Waals surface area contributed by atoms with E-state index in [0.717, 1.165) is 0 Å². The number of rotatable bonds is 3. The molecule has 0 fully saturated rings. The van der Waals surface area contributed by atoms with Gasteiger partial charge in [0.1, 0.15) is 0 Å². The van der Waals surface area contributed by atoms with Gasteiger partial charge in [-0.05, 0) is 45.3 Å². The highest BCUT2D eigenvalue weighted by atomic mass is 32.1. The summed E-state index contributed by atoms with van der Waals surface area (Å²) in [7, 11) is 0. The monoisotopic (exact) mass is 274 g/mol. The second kappa shape index (κ2) is 4.61. The van der Waals surface area contributed by atoms with Crippen molar-refractivity contribution < 1.29 is 0 Å². The summed E-state index contributed by atoms with van der Waals surface area (Å²) in [6.45, 7) is 3.88. The lowest BCUT2D eigenvalue weighted by molar-refractivity contribution is 1.79. The van der Waals surface area contributed by atoms with Gasteiger partial charge in [-0.25, -0.2) is 0 Å². The van der Waals surface area contributed by atoms with Gasteiger partial charge < -0.3 is 0 Å². The molecule has 0 spiro atoms. The minimum absolute atomic E-state index is 1.25. The molecule has 0 saturated heterocycles. The molecule has 17 heavy (non-hydrogen) atoms. The van der Waals surface area contributed by atoms with Crippen LogP contribution >= 0.6 is 34.0 Å². The maximum atomic E-state index is 3.88. The molecule has 84 valence electrons. The van der Waals surface area contributed by atoms with Gasteiger partial charge in [-0.3, -0.25) is 0 Å². The Balaban J connectivity index is 2.17. The fourth-order valence-corrected chi connectivity index (χ4v) is 4.25. The Morgan fingerprint density at radius 1 is 0.941 bits per heavy atom. The Morgan fingerprint density at radius 2 is 1.76 bits per heavy atom. The highest BCUT2D eigenvalue weighted by Crippen LogP contribution is 2.40. The smallest absolute Gasteiger partial charge is 0.0435 e. The highest BCUT2D eigenvalue weighted by Gasteiger charge is 2.12. The Labute approximate surface area is 113 Å². The summed E-state index contributed by atoms with van der Waals surface area (Å²) in [6.07, 6.45) is 1.94. The van der Waals surface area contributed by atoms with Crippen molar-refractivity contribution in [2.24, 2.45) is 0 Å². The van der Waals surface area contributed by atoms with Gasteiger partial charge in [-0.1, -0.05) is 12.7 Å². The van der Waals surface area contributed by atoms with Crippen LogP contribution in [0.4, 0.5) is 0 Å². The third-order valence-electron chi connectivity index (χ3n) is 2.62. The number of thiophene rings is 3. The molecule has 0 aromatic carbocycles.